The molecule has 38 heavy (non-hydrogen) atoms. The molecule has 1 aromatic carbocycles. The Morgan fingerprint density at radius 3 is 2.74 bits per heavy atom. The summed E-state index contributed by atoms with van der Waals surface area (Å²) in [6.07, 6.45) is 1.63. The van der Waals surface area contributed by atoms with Crippen LogP contribution in [0.2, 0.25) is 10.0 Å². The Morgan fingerprint density at radius 1 is 1.21 bits per heavy atom. The van der Waals surface area contributed by atoms with Crippen molar-refractivity contribution in [2.75, 3.05) is 25.1 Å². The van der Waals surface area contributed by atoms with E-state index in [1.807, 2.05) is 13.0 Å². The fourth-order valence-corrected chi connectivity index (χ4v) is 4.24. The third-order valence-electron chi connectivity index (χ3n) is 5.66. The molecule has 0 saturated carbocycles. The average Bonchev–Trinajstić information content (AvgIpc) is 2.87. The second-order valence-corrected chi connectivity index (χ2v) is 9.58. The normalized spacial score (nSPS) is 17.8. The topological polar surface area (TPSA) is 151 Å². The van der Waals surface area contributed by atoms with Gasteiger partial charge in [-0.25, -0.2) is 9.78 Å². The summed E-state index contributed by atoms with van der Waals surface area (Å²) in [5, 5.41) is 21.0. The Labute approximate surface area is 230 Å². The fourth-order valence-electron chi connectivity index (χ4n) is 3.82. The first-order valence-corrected chi connectivity index (χ1v) is 12.9. The van der Waals surface area contributed by atoms with E-state index in [0.29, 0.717) is 43.3 Å². The summed E-state index contributed by atoms with van der Waals surface area (Å²) >= 11 is 11.9. The van der Waals surface area contributed by atoms with Crippen LogP contribution >= 0.6 is 23.2 Å². The number of nitrogens with zero attached hydrogens (tertiary/aromatic N) is 1. The first kappa shape index (κ1) is 29.4. The monoisotopic (exact) mass is 567 g/mol. The number of aliphatic carboxylic acids is 1. The van der Waals surface area contributed by atoms with Gasteiger partial charge in [0.1, 0.15) is 5.02 Å². The van der Waals surface area contributed by atoms with Crippen LogP contribution in [0, 0.1) is 0 Å². The second kappa shape index (κ2) is 14.7. The minimum atomic E-state index is -0.872. The molecule has 0 bridgehead atoms. The number of carboxylic acids is 1. The Hall–Kier alpha value is -3.12. The van der Waals surface area contributed by atoms with E-state index in [1.165, 1.54) is 12.3 Å². The maximum atomic E-state index is 12.7. The number of benzene rings is 1. The zero-order chi connectivity index (χ0) is 27.5. The molecule has 3 amide bonds. The summed E-state index contributed by atoms with van der Waals surface area (Å²) in [7, 11) is 0. The van der Waals surface area contributed by atoms with Gasteiger partial charge in [-0.1, -0.05) is 42.3 Å². The van der Waals surface area contributed by atoms with Crippen LogP contribution in [0.15, 0.2) is 36.5 Å². The van der Waals surface area contributed by atoms with E-state index in [1.54, 1.807) is 18.2 Å². The van der Waals surface area contributed by atoms with Crippen molar-refractivity contribution in [3.8, 4) is 5.88 Å². The second-order valence-electron chi connectivity index (χ2n) is 8.74. The van der Waals surface area contributed by atoms with Crippen molar-refractivity contribution in [2.45, 2.75) is 50.9 Å². The zero-order valence-corrected chi connectivity index (χ0v) is 22.3. The minimum Gasteiger partial charge on any atom is -0.481 e. The molecule has 5 N–H and O–H groups in total. The average molecular weight is 568 g/mol. The highest BCUT2D eigenvalue weighted by Gasteiger charge is 2.24. The van der Waals surface area contributed by atoms with Crippen LogP contribution in [0.5, 0.6) is 5.88 Å². The van der Waals surface area contributed by atoms with Crippen LogP contribution in [0.3, 0.4) is 0 Å². The van der Waals surface area contributed by atoms with Gasteiger partial charge < -0.3 is 35.8 Å². The molecule has 0 aliphatic carbocycles. The van der Waals surface area contributed by atoms with Gasteiger partial charge >= 0.3 is 12.0 Å². The predicted octanol–water partition coefficient (Wildman–Crippen LogP) is 3.21. The third-order valence-corrected chi connectivity index (χ3v) is 6.13. The molecule has 1 fully saturated rings. The summed E-state index contributed by atoms with van der Waals surface area (Å²) in [4.78, 5) is 39.9. The van der Waals surface area contributed by atoms with Crippen LogP contribution in [0.4, 0.5) is 10.5 Å². The van der Waals surface area contributed by atoms with Gasteiger partial charge in [0.05, 0.1) is 30.7 Å². The molecule has 1 aromatic heterocycles. The predicted molar refractivity (Wildman–Crippen MR) is 143 cm³/mol. The summed E-state index contributed by atoms with van der Waals surface area (Å²) in [5.41, 5.74) is 1.33. The Balaban J connectivity index is 1.47. The lowest BCUT2D eigenvalue weighted by atomic mass is 10.1. The van der Waals surface area contributed by atoms with E-state index in [-0.39, 0.29) is 41.9 Å². The summed E-state index contributed by atoms with van der Waals surface area (Å²) in [5.74, 6) is -1.08. The van der Waals surface area contributed by atoms with Gasteiger partial charge in [0.15, 0.2) is 6.10 Å². The molecule has 0 radical (unpaired) electrons. The smallest absolute Gasteiger partial charge is 0.319 e. The molecule has 1 saturated heterocycles. The van der Waals surface area contributed by atoms with E-state index >= 15 is 0 Å². The molecule has 0 spiro atoms. The van der Waals surface area contributed by atoms with Gasteiger partial charge in [-0.3, -0.25) is 9.59 Å². The van der Waals surface area contributed by atoms with Crippen LogP contribution in [-0.2, 0) is 20.9 Å². The van der Waals surface area contributed by atoms with Crippen molar-refractivity contribution in [3.63, 3.8) is 0 Å². The van der Waals surface area contributed by atoms with Gasteiger partial charge in [0.25, 0.3) is 5.91 Å². The Bertz CT molecular complexity index is 1120. The number of pyridine rings is 1. The number of carboxylic acid groups (broad SMARTS) is 1. The van der Waals surface area contributed by atoms with Crippen LogP contribution in [0.1, 0.15) is 31.7 Å². The highest BCUT2D eigenvalue weighted by atomic mass is 35.5. The van der Waals surface area contributed by atoms with E-state index in [9.17, 15) is 14.4 Å². The fraction of sp³-hybridized carbons (Fsp3) is 0.440. The molecule has 2 heterocycles. The van der Waals surface area contributed by atoms with Crippen LogP contribution in [-0.4, -0.2) is 65.9 Å². The molecule has 3 rings (SSSR count). The number of aromatic nitrogens is 1. The van der Waals surface area contributed by atoms with Crippen LogP contribution in [0.25, 0.3) is 0 Å². The van der Waals surface area contributed by atoms with Gasteiger partial charge in [-0.15, -0.1) is 0 Å². The van der Waals surface area contributed by atoms with Crippen molar-refractivity contribution in [2.24, 2.45) is 0 Å². The number of amides is 3. The van der Waals surface area contributed by atoms with E-state index < -0.39 is 18.1 Å². The highest BCUT2D eigenvalue weighted by molar-refractivity contribution is 6.35. The van der Waals surface area contributed by atoms with Crippen LogP contribution < -0.4 is 26.0 Å². The summed E-state index contributed by atoms with van der Waals surface area (Å²) in [6, 6.07) is 7.93. The maximum Gasteiger partial charge on any atom is 0.319 e. The van der Waals surface area contributed by atoms with Gasteiger partial charge in [-0.2, -0.15) is 0 Å². The molecule has 3 atom stereocenters. The van der Waals surface area contributed by atoms with E-state index in [4.69, 9.17) is 37.8 Å². The lowest BCUT2D eigenvalue weighted by Crippen LogP contribution is -2.50. The minimum absolute atomic E-state index is 0.0198. The lowest BCUT2D eigenvalue weighted by molar-refractivity contribution is -0.137. The molecule has 1 aliphatic heterocycles. The van der Waals surface area contributed by atoms with Gasteiger partial charge in [0, 0.05) is 31.0 Å². The number of carbonyl (C=O) groups excluding carboxylic acids is 2. The molecule has 13 heteroatoms. The number of nitrogens with one attached hydrogen (secondary N) is 4. The number of urea groups is 1. The molecule has 206 valence electrons. The highest BCUT2D eigenvalue weighted by Crippen LogP contribution is 2.26. The Morgan fingerprint density at radius 2 is 2.00 bits per heavy atom. The van der Waals surface area contributed by atoms with Gasteiger partial charge in [-0.05, 0) is 36.6 Å². The number of halogens is 2. The SMILES string of the molecule is CCC(Oc1ncc(Cl)cc1Cl)C(=O)NCc1cccc(NC(=O)NC2COCC(NCCC(=O)O)C2)c1. The molecular weight excluding hydrogens is 537 g/mol. The quantitative estimate of drug-likeness (QED) is 0.262. The summed E-state index contributed by atoms with van der Waals surface area (Å²) in [6.45, 7) is 3.19. The van der Waals surface area contributed by atoms with E-state index in [2.05, 4.69) is 26.3 Å². The van der Waals surface area contributed by atoms with Gasteiger partial charge in [0.2, 0.25) is 5.88 Å². The van der Waals surface area contributed by atoms with Crippen molar-refractivity contribution in [1.82, 2.24) is 20.9 Å². The standard InChI is InChI=1S/C25H31Cl2N5O6/c1-2-21(38-24-20(27)9-16(26)12-30-24)23(35)29-11-15-4-3-5-17(8-15)31-25(36)32-19-10-18(13-37-14-19)28-7-6-22(33)34/h3-5,8-9,12,18-19,21,28H,2,6-7,10-11,13-14H2,1H3,(H,29,35)(H,33,34)(H2,31,32,36). The summed E-state index contributed by atoms with van der Waals surface area (Å²) < 4.78 is 11.2. The molecule has 2 aromatic rings. The number of ether oxygens (including phenoxy) is 2. The first-order valence-electron chi connectivity index (χ1n) is 12.2. The third kappa shape index (κ3) is 9.64. The zero-order valence-electron chi connectivity index (χ0n) is 20.8. The molecular formula is C25H31Cl2N5O6. The first-order chi connectivity index (χ1) is 18.2. The van der Waals surface area contributed by atoms with Crippen molar-refractivity contribution in [3.05, 3.63) is 52.1 Å². The molecule has 3 unspecified atom stereocenters. The van der Waals surface area contributed by atoms with Crippen molar-refractivity contribution >= 4 is 46.8 Å². The maximum absolute atomic E-state index is 12.7. The number of anilines is 1. The Kier molecular flexibility index (Phi) is 11.4. The van der Waals surface area contributed by atoms with Crippen molar-refractivity contribution < 1.29 is 29.0 Å². The van der Waals surface area contributed by atoms with Crippen molar-refractivity contribution in [1.29, 1.82) is 0 Å². The number of hydrogen-bond donors (Lipinski definition) is 5. The number of rotatable bonds is 12. The van der Waals surface area contributed by atoms with E-state index in [0.717, 1.165) is 5.56 Å². The molecule has 1 aliphatic rings. The number of hydrogen-bond acceptors (Lipinski definition) is 7. The molecule has 11 nitrogen and oxygen atoms in total. The largest absolute Gasteiger partial charge is 0.481 e. The number of carbonyl (C=O) groups is 3. The lowest BCUT2D eigenvalue weighted by Gasteiger charge is -2.30.